The van der Waals surface area contributed by atoms with E-state index in [-0.39, 0.29) is 11.8 Å². The number of ketones is 1. The molecule has 0 radical (unpaired) electrons. The van der Waals surface area contributed by atoms with E-state index in [0.29, 0.717) is 10.9 Å². The predicted octanol–water partition coefficient (Wildman–Crippen LogP) is 1.26. The molecule has 0 aliphatic carbocycles. The molecular formula is C12H19N3OS. The third-order valence-electron chi connectivity index (χ3n) is 3.47. The molecule has 5 heteroatoms. The van der Waals surface area contributed by atoms with Gasteiger partial charge in [-0.3, -0.25) is 4.79 Å². The summed E-state index contributed by atoms with van der Waals surface area (Å²) in [5.41, 5.74) is 0. The highest BCUT2D eigenvalue weighted by atomic mass is 32.1. The van der Waals surface area contributed by atoms with Gasteiger partial charge < -0.3 is 10.2 Å². The number of piperidine rings is 1. The summed E-state index contributed by atoms with van der Waals surface area (Å²) in [6, 6.07) is -0.0742. The molecule has 2 rings (SSSR count). The van der Waals surface area contributed by atoms with Crippen LogP contribution in [0.1, 0.15) is 22.6 Å². The molecule has 1 aliphatic rings. The van der Waals surface area contributed by atoms with Crippen LogP contribution in [0.25, 0.3) is 0 Å². The Labute approximate surface area is 106 Å². The van der Waals surface area contributed by atoms with Gasteiger partial charge >= 0.3 is 0 Å². The Morgan fingerprint density at radius 3 is 2.82 bits per heavy atom. The number of carbonyl (C=O) groups excluding carboxylic acids is 1. The van der Waals surface area contributed by atoms with Crippen LogP contribution in [0, 0.1) is 5.92 Å². The quantitative estimate of drug-likeness (QED) is 0.821. The summed E-state index contributed by atoms with van der Waals surface area (Å²) < 4.78 is 0. The van der Waals surface area contributed by atoms with E-state index in [4.69, 9.17) is 0 Å². The maximum Gasteiger partial charge on any atom is 0.208 e. The molecule has 0 spiro atoms. The zero-order valence-electron chi connectivity index (χ0n) is 10.3. The Kier molecular flexibility index (Phi) is 4.25. The second kappa shape index (κ2) is 5.71. The third-order valence-corrected chi connectivity index (χ3v) is 4.26. The number of Topliss-reactive ketones (excluding diaryl/α,β-unsaturated/α-hetero) is 1. The van der Waals surface area contributed by atoms with Crippen molar-refractivity contribution in [2.75, 3.05) is 27.2 Å². The smallest absolute Gasteiger partial charge is 0.208 e. The van der Waals surface area contributed by atoms with Gasteiger partial charge in [-0.25, -0.2) is 4.98 Å². The molecule has 0 saturated carbocycles. The second-order valence-corrected chi connectivity index (χ2v) is 5.50. The molecule has 1 aromatic heterocycles. The number of likely N-dealkylation sites (tertiary alicyclic amines) is 1. The van der Waals surface area contributed by atoms with E-state index in [1.165, 1.54) is 11.3 Å². The number of carbonyl (C=O) groups is 1. The Morgan fingerprint density at radius 1 is 1.59 bits per heavy atom. The molecule has 94 valence electrons. The Hall–Kier alpha value is -0.780. The minimum Gasteiger partial charge on any atom is -0.310 e. The molecule has 4 nitrogen and oxygen atoms in total. The lowest BCUT2D eigenvalue weighted by Gasteiger charge is -2.33. The van der Waals surface area contributed by atoms with Gasteiger partial charge in [0.15, 0.2) is 5.01 Å². The first-order valence-corrected chi connectivity index (χ1v) is 6.90. The summed E-state index contributed by atoms with van der Waals surface area (Å²) in [4.78, 5) is 18.7. The Balaban J connectivity index is 2.03. The molecule has 17 heavy (non-hydrogen) atoms. The minimum atomic E-state index is -0.0742. The fourth-order valence-electron chi connectivity index (χ4n) is 2.42. The summed E-state index contributed by atoms with van der Waals surface area (Å²) >= 11 is 1.43. The zero-order valence-corrected chi connectivity index (χ0v) is 11.2. The molecule has 1 aromatic rings. The second-order valence-electron chi connectivity index (χ2n) is 4.61. The standard InChI is InChI=1S/C12H19N3OS/c1-13-10(9-3-6-15(2)7-4-9)11(16)12-14-5-8-17-12/h5,8-10,13H,3-4,6-7H2,1-2H3. The number of aromatic nitrogens is 1. The van der Waals surface area contributed by atoms with Crippen LogP contribution in [0.4, 0.5) is 0 Å². The van der Waals surface area contributed by atoms with Crippen molar-refractivity contribution in [2.45, 2.75) is 18.9 Å². The number of nitrogens with zero attached hydrogens (tertiary/aromatic N) is 2. The van der Waals surface area contributed by atoms with Crippen molar-refractivity contribution in [3.63, 3.8) is 0 Å². The van der Waals surface area contributed by atoms with Crippen LogP contribution in [-0.2, 0) is 0 Å². The summed E-state index contributed by atoms with van der Waals surface area (Å²) in [7, 11) is 4.00. The van der Waals surface area contributed by atoms with Crippen LogP contribution >= 0.6 is 11.3 Å². The fraction of sp³-hybridized carbons (Fsp3) is 0.667. The van der Waals surface area contributed by atoms with Crippen molar-refractivity contribution in [2.24, 2.45) is 5.92 Å². The first-order chi connectivity index (χ1) is 8.22. The van der Waals surface area contributed by atoms with Gasteiger partial charge in [0, 0.05) is 11.6 Å². The number of thiazole rings is 1. The summed E-state index contributed by atoms with van der Waals surface area (Å²) in [6.45, 7) is 2.15. The fourth-order valence-corrected chi connectivity index (χ4v) is 3.04. The SMILES string of the molecule is CNC(C(=O)c1nccs1)C1CCN(C)CC1. The lowest BCUT2D eigenvalue weighted by molar-refractivity contribution is 0.0870. The lowest BCUT2D eigenvalue weighted by Crippen LogP contribution is -2.45. The summed E-state index contributed by atoms with van der Waals surface area (Å²) in [5, 5.41) is 5.66. The van der Waals surface area contributed by atoms with Gasteiger partial charge in [0.05, 0.1) is 6.04 Å². The molecule has 1 unspecified atom stereocenters. The van der Waals surface area contributed by atoms with E-state index in [9.17, 15) is 4.79 Å². The average molecular weight is 253 g/mol. The van der Waals surface area contributed by atoms with Gasteiger partial charge in [-0.15, -0.1) is 11.3 Å². The van der Waals surface area contributed by atoms with E-state index in [0.717, 1.165) is 25.9 Å². The topological polar surface area (TPSA) is 45.2 Å². The third kappa shape index (κ3) is 2.91. The van der Waals surface area contributed by atoms with Crippen LogP contribution in [0.5, 0.6) is 0 Å². The van der Waals surface area contributed by atoms with Crippen molar-refractivity contribution in [3.05, 3.63) is 16.6 Å². The van der Waals surface area contributed by atoms with Gasteiger partial charge in [-0.2, -0.15) is 0 Å². The highest BCUT2D eigenvalue weighted by Crippen LogP contribution is 2.22. The van der Waals surface area contributed by atoms with E-state index in [1.54, 1.807) is 6.20 Å². The van der Waals surface area contributed by atoms with Gasteiger partial charge in [-0.1, -0.05) is 0 Å². The molecule has 0 amide bonds. The van der Waals surface area contributed by atoms with Gasteiger partial charge in [0.1, 0.15) is 0 Å². The van der Waals surface area contributed by atoms with Crippen LogP contribution in [-0.4, -0.2) is 48.9 Å². The summed E-state index contributed by atoms with van der Waals surface area (Å²) in [6.07, 6.45) is 3.86. The van der Waals surface area contributed by atoms with E-state index in [2.05, 4.69) is 22.2 Å². The molecule has 1 N–H and O–H groups in total. The molecule has 1 atom stereocenters. The van der Waals surface area contributed by atoms with Crippen molar-refractivity contribution >= 4 is 17.1 Å². The minimum absolute atomic E-state index is 0.0742. The zero-order chi connectivity index (χ0) is 12.3. The van der Waals surface area contributed by atoms with Crippen molar-refractivity contribution in [1.82, 2.24) is 15.2 Å². The van der Waals surface area contributed by atoms with E-state index < -0.39 is 0 Å². The molecular weight excluding hydrogens is 234 g/mol. The lowest BCUT2D eigenvalue weighted by atomic mass is 9.87. The van der Waals surface area contributed by atoms with Crippen LogP contribution in [0.15, 0.2) is 11.6 Å². The van der Waals surface area contributed by atoms with Crippen molar-refractivity contribution in [3.8, 4) is 0 Å². The van der Waals surface area contributed by atoms with Crippen LogP contribution in [0.2, 0.25) is 0 Å². The average Bonchev–Trinajstić information content (AvgIpc) is 2.86. The van der Waals surface area contributed by atoms with Crippen molar-refractivity contribution < 1.29 is 4.79 Å². The number of hydrogen-bond donors (Lipinski definition) is 1. The van der Waals surface area contributed by atoms with Gasteiger partial charge in [0.2, 0.25) is 5.78 Å². The van der Waals surface area contributed by atoms with Gasteiger partial charge in [0.25, 0.3) is 0 Å². The molecule has 0 aromatic carbocycles. The van der Waals surface area contributed by atoms with Gasteiger partial charge in [-0.05, 0) is 45.9 Å². The first-order valence-electron chi connectivity index (χ1n) is 6.02. The maximum absolute atomic E-state index is 12.3. The van der Waals surface area contributed by atoms with E-state index >= 15 is 0 Å². The van der Waals surface area contributed by atoms with E-state index in [1.807, 2.05) is 12.4 Å². The molecule has 1 fully saturated rings. The Bertz CT molecular complexity index is 358. The molecule has 1 aliphatic heterocycles. The van der Waals surface area contributed by atoms with Crippen LogP contribution in [0.3, 0.4) is 0 Å². The largest absolute Gasteiger partial charge is 0.310 e. The maximum atomic E-state index is 12.3. The number of hydrogen-bond acceptors (Lipinski definition) is 5. The highest BCUT2D eigenvalue weighted by molar-refractivity contribution is 7.11. The number of likely N-dealkylation sites (N-methyl/N-ethyl adjacent to an activating group) is 1. The normalized spacial score (nSPS) is 20.4. The highest BCUT2D eigenvalue weighted by Gasteiger charge is 2.31. The number of nitrogens with one attached hydrogen (secondary N) is 1. The number of rotatable bonds is 4. The van der Waals surface area contributed by atoms with Crippen LogP contribution < -0.4 is 5.32 Å². The summed E-state index contributed by atoms with van der Waals surface area (Å²) in [5.74, 6) is 0.588. The first kappa shape index (κ1) is 12.7. The molecule has 1 saturated heterocycles. The molecule has 2 heterocycles. The van der Waals surface area contributed by atoms with Crippen molar-refractivity contribution in [1.29, 1.82) is 0 Å². The monoisotopic (exact) mass is 253 g/mol. The molecule has 0 bridgehead atoms. The predicted molar refractivity (Wildman–Crippen MR) is 69.5 cm³/mol. The Morgan fingerprint density at radius 2 is 2.29 bits per heavy atom.